The van der Waals surface area contributed by atoms with E-state index in [9.17, 15) is 4.79 Å². The van der Waals surface area contributed by atoms with E-state index in [1.807, 2.05) is 41.1 Å². The Morgan fingerprint density at radius 1 is 0.974 bits per heavy atom. The molecule has 0 fully saturated rings. The molecule has 5 aromatic rings. The number of hydrogen-bond donors (Lipinski definition) is 1. The van der Waals surface area contributed by atoms with Crippen LogP contribution in [0.1, 0.15) is 47.5 Å². The Kier molecular flexibility index (Phi) is 6.81. The highest BCUT2D eigenvalue weighted by Crippen LogP contribution is 2.35. The van der Waals surface area contributed by atoms with Crippen LogP contribution in [0.5, 0.6) is 11.5 Å². The van der Waals surface area contributed by atoms with Gasteiger partial charge < -0.3 is 14.5 Å². The molecule has 9 heteroatoms. The van der Waals surface area contributed by atoms with Gasteiger partial charge in [0, 0.05) is 30.1 Å². The zero-order valence-corrected chi connectivity index (χ0v) is 22.0. The fraction of sp³-hybridized carbons (Fsp3) is 0.267. The average Bonchev–Trinajstić information content (AvgIpc) is 3.59. The van der Waals surface area contributed by atoms with E-state index < -0.39 is 0 Å². The molecule has 0 bridgehead atoms. The van der Waals surface area contributed by atoms with Gasteiger partial charge in [0.2, 0.25) is 6.79 Å². The molecule has 2 aromatic heterocycles. The van der Waals surface area contributed by atoms with Crippen molar-refractivity contribution in [3.8, 4) is 11.5 Å². The standard InChI is InChI=1S/C30H30N6O3/c1-3-26(29-32-33-34-36(29)17-21-7-5-4-6-8-21)35(16-22-11-9-20(2)10-12-22)18-24-13-23-14-27-28(39-19-38-27)15-25(23)31-30(24)37/h4-15,26H,3,16-19H2,1-2H3,(H,31,37)/t26-/m0/s1. The van der Waals surface area contributed by atoms with E-state index >= 15 is 0 Å². The van der Waals surface area contributed by atoms with Gasteiger partial charge in [-0.15, -0.1) is 5.10 Å². The first-order valence-electron chi connectivity index (χ1n) is 13.1. The second-order valence-electron chi connectivity index (χ2n) is 9.91. The van der Waals surface area contributed by atoms with Crippen molar-refractivity contribution in [1.82, 2.24) is 30.1 Å². The van der Waals surface area contributed by atoms with Crippen molar-refractivity contribution < 1.29 is 9.47 Å². The number of H-pyrrole nitrogens is 1. The Labute approximate surface area is 226 Å². The van der Waals surface area contributed by atoms with Crippen molar-refractivity contribution in [1.29, 1.82) is 0 Å². The van der Waals surface area contributed by atoms with E-state index in [4.69, 9.17) is 9.47 Å². The lowest BCUT2D eigenvalue weighted by Gasteiger charge is -2.30. The molecule has 3 heterocycles. The molecule has 0 amide bonds. The molecule has 1 N–H and O–H groups in total. The molecule has 198 valence electrons. The number of nitrogens with one attached hydrogen (secondary N) is 1. The van der Waals surface area contributed by atoms with E-state index in [0.717, 1.165) is 34.3 Å². The first kappa shape index (κ1) is 24.8. The molecule has 1 aliphatic heterocycles. The van der Waals surface area contributed by atoms with Crippen LogP contribution in [0.3, 0.4) is 0 Å². The van der Waals surface area contributed by atoms with Crippen molar-refractivity contribution in [3.05, 3.63) is 111 Å². The maximum absolute atomic E-state index is 13.3. The predicted octanol–water partition coefficient (Wildman–Crippen LogP) is 4.75. The number of fused-ring (bicyclic) bond motifs is 2. The Bertz CT molecular complexity index is 1650. The molecule has 0 saturated carbocycles. The van der Waals surface area contributed by atoms with Crippen molar-refractivity contribution in [3.63, 3.8) is 0 Å². The van der Waals surface area contributed by atoms with Crippen LogP contribution in [0.4, 0.5) is 0 Å². The molecule has 1 atom stereocenters. The van der Waals surface area contributed by atoms with Crippen molar-refractivity contribution in [2.75, 3.05) is 6.79 Å². The van der Waals surface area contributed by atoms with Crippen LogP contribution in [0.2, 0.25) is 0 Å². The third-order valence-electron chi connectivity index (χ3n) is 7.15. The summed E-state index contributed by atoms with van der Waals surface area (Å²) in [6.07, 6.45) is 0.769. The lowest BCUT2D eigenvalue weighted by molar-refractivity contribution is 0.161. The van der Waals surface area contributed by atoms with Crippen molar-refractivity contribution >= 4 is 10.9 Å². The molecule has 1 aliphatic rings. The molecule has 6 rings (SSSR count). The van der Waals surface area contributed by atoms with Crippen LogP contribution in [0.15, 0.2) is 77.6 Å². The number of aryl methyl sites for hydroxylation is 1. The van der Waals surface area contributed by atoms with E-state index in [0.29, 0.717) is 36.7 Å². The monoisotopic (exact) mass is 522 g/mol. The molecule has 9 nitrogen and oxygen atoms in total. The number of nitrogens with zero attached hydrogens (tertiary/aromatic N) is 5. The SMILES string of the molecule is CC[C@@H](c1nnnn1Cc1ccccc1)N(Cc1ccc(C)cc1)Cc1cc2cc3c(cc2[nH]c1=O)OCO3. The summed E-state index contributed by atoms with van der Waals surface area (Å²) < 4.78 is 12.9. The quantitative estimate of drug-likeness (QED) is 0.298. The zero-order chi connectivity index (χ0) is 26.8. The number of ether oxygens (including phenoxy) is 2. The molecule has 39 heavy (non-hydrogen) atoms. The minimum atomic E-state index is -0.131. The molecule has 0 saturated heterocycles. The second kappa shape index (κ2) is 10.7. The highest BCUT2D eigenvalue weighted by molar-refractivity contribution is 5.83. The van der Waals surface area contributed by atoms with Gasteiger partial charge in [-0.1, -0.05) is 67.1 Å². The average molecular weight is 523 g/mol. The number of aromatic nitrogens is 5. The second-order valence-corrected chi connectivity index (χ2v) is 9.91. The van der Waals surface area contributed by atoms with Gasteiger partial charge in [0.05, 0.1) is 18.1 Å². The summed E-state index contributed by atoms with van der Waals surface area (Å²) in [6, 6.07) is 24.2. The van der Waals surface area contributed by atoms with Crippen LogP contribution in [0.25, 0.3) is 10.9 Å². The van der Waals surface area contributed by atoms with E-state index in [-0.39, 0.29) is 18.4 Å². The topological polar surface area (TPSA) is 98.2 Å². The van der Waals surface area contributed by atoms with Crippen LogP contribution in [-0.2, 0) is 19.6 Å². The molecule has 0 aliphatic carbocycles. The van der Waals surface area contributed by atoms with Gasteiger partial charge in [0.15, 0.2) is 17.3 Å². The highest BCUT2D eigenvalue weighted by atomic mass is 16.7. The lowest BCUT2D eigenvalue weighted by Crippen LogP contribution is -2.32. The van der Waals surface area contributed by atoms with Crippen LogP contribution in [-0.4, -0.2) is 36.9 Å². The largest absolute Gasteiger partial charge is 0.454 e. The molecule has 0 unspecified atom stereocenters. The third kappa shape index (κ3) is 5.26. The first-order chi connectivity index (χ1) is 19.1. The zero-order valence-electron chi connectivity index (χ0n) is 22.0. The molecular formula is C30H30N6O3. The fourth-order valence-corrected chi connectivity index (χ4v) is 5.11. The summed E-state index contributed by atoms with van der Waals surface area (Å²) in [7, 11) is 0. The van der Waals surface area contributed by atoms with E-state index in [1.54, 1.807) is 0 Å². The normalized spacial score (nSPS) is 13.3. The van der Waals surface area contributed by atoms with Crippen LogP contribution >= 0.6 is 0 Å². The van der Waals surface area contributed by atoms with Crippen molar-refractivity contribution in [2.24, 2.45) is 0 Å². The van der Waals surface area contributed by atoms with E-state index in [1.165, 1.54) is 5.56 Å². The minimum absolute atomic E-state index is 0.114. The van der Waals surface area contributed by atoms with Gasteiger partial charge in [0.1, 0.15) is 0 Å². The first-order valence-corrected chi connectivity index (χ1v) is 13.1. The molecule has 3 aromatic carbocycles. The Hall–Kier alpha value is -4.50. The van der Waals surface area contributed by atoms with Crippen LogP contribution < -0.4 is 15.0 Å². The lowest BCUT2D eigenvalue weighted by atomic mass is 10.1. The van der Waals surface area contributed by atoms with Gasteiger partial charge in [-0.3, -0.25) is 9.69 Å². The van der Waals surface area contributed by atoms with Crippen LogP contribution in [0, 0.1) is 6.92 Å². The van der Waals surface area contributed by atoms with Gasteiger partial charge in [0.25, 0.3) is 5.56 Å². The fourth-order valence-electron chi connectivity index (χ4n) is 5.11. The summed E-state index contributed by atoms with van der Waals surface area (Å²) in [5.41, 5.74) is 4.73. The number of benzene rings is 3. The number of hydrogen-bond acceptors (Lipinski definition) is 7. The highest BCUT2D eigenvalue weighted by Gasteiger charge is 2.26. The third-order valence-corrected chi connectivity index (χ3v) is 7.15. The Morgan fingerprint density at radius 2 is 1.74 bits per heavy atom. The summed E-state index contributed by atoms with van der Waals surface area (Å²) in [5.74, 6) is 2.10. The van der Waals surface area contributed by atoms with Crippen molar-refractivity contribution in [2.45, 2.75) is 45.9 Å². The molecular weight excluding hydrogens is 492 g/mol. The summed E-state index contributed by atoms with van der Waals surface area (Å²) in [6.45, 7) is 6.01. The maximum atomic E-state index is 13.3. The van der Waals surface area contributed by atoms with Gasteiger partial charge in [-0.2, -0.15) is 0 Å². The van der Waals surface area contributed by atoms with Gasteiger partial charge in [-0.05, 0) is 47.0 Å². The maximum Gasteiger partial charge on any atom is 0.252 e. The van der Waals surface area contributed by atoms with E-state index in [2.05, 4.69) is 75.7 Å². The van der Waals surface area contributed by atoms with Gasteiger partial charge in [-0.25, -0.2) is 4.68 Å². The number of rotatable bonds is 9. The molecule has 0 radical (unpaired) electrons. The number of pyridine rings is 1. The smallest absolute Gasteiger partial charge is 0.252 e. The predicted molar refractivity (Wildman–Crippen MR) is 148 cm³/mol. The summed E-state index contributed by atoms with van der Waals surface area (Å²) in [5, 5.41) is 13.7. The van der Waals surface area contributed by atoms with Gasteiger partial charge >= 0.3 is 0 Å². The molecule has 0 spiro atoms. The summed E-state index contributed by atoms with van der Waals surface area (Å²) in [4.78, 5) is 18.6. The number of tetrazole rings is 1. The number of aromatic amines is 1. The Morgan fingerprint density at radius 3 is 2.51 bits per heavy atom. The summed E-state index contributed by atoms with van der Waals surface area (Å²) >= 11 is 0. The minimum Gasteiger partial charge on any atom is -0.454 e. The Balaban J connectivity index is 1.37.